The van der Waals surface area contributed by atoms with Crippen molar-refractivity contribution in [2.24, 2.45) is 10.9 Å². The van der Waals surface area contributed by atoms with Gasteiger partial charge in [0.05, 0.1) is 23.6 Å². The minimum Gasteiger partial charge on any atom is -0.495 e. The molecular weight excluding hydrogens is 423 g/mol. The first kappa shape index (κ1) is 20.8. The number of benzene rings is 2. The summed E-state index contributed by atoms with van der Waals surface area (Å²) in [5.74, 6) is 1.02. The molecule has 9 heteroatoms. The van der Waals surface area contributed by atoms with E-state index in [4.69, 9.17) is 32.7 Å². The van der Waals surface area contributed by atoms with Gasteiger partial charge in [0.2, 0.25) is 5.90 Å². The van der Waals surface area contributed by atoms with Crippen LogP contribution in [0, 0.1) is 5.92 Å². The van der Waals surface area contributed by atoms with E-state index in [1.807, 2.05) is 0 Å². The van der Waals surface area contributed by atoms with Crippen molar-refractivity contribution in [3.05, 3.63) is 52.0 Å². The van der Waals surface area contributed by atoms with Crippen molar-refractivity contribution in [3.63, 3.8) is 0 Å². The van der Waals surface area contributed by atoms with Crippen LogP contribution in [0.4, 0.5) is 5.69 Å². The van der Waals surface area contributed by atoms with Crippen LogP contribution in [-0.2, 0) is 14.8 Å². The fourth-order valence-corrected chi connectivity index (χ4v) is 4.56. The van der Waals surface area contributed by atoms with Gasteiger partial charge in [0, 0.05) is 10.0 Å². The van der Waals surface area contributed by atoms with Gasteiger partial charge in [0.1, 0.15) is 18.0 Å². The Hall–Kier alpha value is -1.96. The van der Waals surface area contributed by atoms with Crippen molar-refractivity contribution in [2.75, 3.05) is 18.4 Å². The molecule has 150 valence electrons. The minimum atomic E-state index is -3.98. The molecule has 0 aromatic heterocycles. The van der Waals surface area contributed by atoms with Crippen LogP contribution in [0.3, 0.4) is 0 Å². The molecule has 2 aromatic carbocycles. The molecular formula is C19H20Cl2N2O4S. The number of methoxy groups -OCH3 is 1. The number of rotatable bonds is 6. The van der Waals surface area contributed by atoms with E-state index in [0.29, 0.717) is 29.7 Å². The maximum atomic E-state index is 12.9. The van der Waals surface area contributed by atoms with Crippen molar-refractivity contribution in [2.45, 2.75) is 24.8 Å². The van der Waals surface area contributed by atoms with Crippen LogP contribution in [0.25, 0.3) is 0 Å². The van der Waals surface area contributed by atoms with Gasteiger partial charge in [-0.3, -0.25) is 4.72 Å². The second kappa shape index (κ2) is 8.19. The van der Waals surface area contributed by atoms with Gasteiger partial charge in [-0.15, -0.1) is 0 Å². The van der Waals surface area contributed by atoms with Gasteiger partial charge >= 0.3 is 0 Å². The molecule has 1 N–H and O–H groups in total. The SMILES string of the molecule is COc1cccc(C2=NC(C(C)C)CO2)c1NS(=O)(=O)c1cc(Cl)cc(Cl)c1. The van der Waals surface area contributed by atoms with E-state index in [9.17, 15) is 8.42 Å². The third-order valence-electron chi connectivity index (χ3n) is 4.30. The van der Waals surface area contributed by atoms with Crippen molar-refractivity contribution in [1.82, 2.24) is 0 Å². The molecule has 0 saturated carbocycles. The number of aliphatic imine (C=N–C) groups is 1. The smallest absolute Gasteiger partial charge is 0.262 e. The number of hydrogen-bond donors (Lipinski definition) is 1. The first-order chi connectivity index (χ1) is 13.2. The number of sulfonamides is 1. The fraction of sp³-hybridized carbons (Fsp3) is 0.316. The molecule has 0 fully saturated rings. The number of anilines is 1. The van der Waals surface area contributed by atoms with E-state index in [-0.39, 0.29) is 26.7 Å². The number of nitrogens with zero attached hydrogens (tertiary/aromatic N) is 1. The van der Waals surface area contributed by atoms with Crippen LogP contribution in [0.2, 0.25) is 10.0 Å². The number of para-hydroxylation sites is 1. The van der Waals surface area contributed by atoms with Gasteiger partial charge in [-0.2, -0.15) is 0 Å². The molecule has 0 bridgehead atoms. The van der Waals surface area contributed by atoms with Gasteiger partial charge in [-0.25, -0.2) is 13.4 Å². The average Bonchev–Trinajstić information content (AvgIpc) is 3.11. The first-order valence-electron chi connectivity index (χ1n) is 8.58. The van der Waals surface area contributed by atoms with Crippen LogP contribution in [-0.4, -0.2) is 34.1 Å². The summed E-state index contributed by atoms with van der Waals surface area (Å²) in [6, 6.07) is 9.25. The molecule has 0 saturated heterocycles. The maximum Gasteiger partial charge on any atom is 0.262 e. The lowest BCUT2D eigenvalue weighted by Crippen LogP contribution is -2.17. The Morgan fingerprint density at radius 3 is 2.46 bits per heavy atom. The number of ether oxygens (including phenoxy) is 2. The monoisotopic (exact) mass is 442 g/mol. The second-order valence-corrected chi connectivity index (χ2v) is 9.21. The predicted molar refractivity (Wildman–Crippen MR) is 111 cm³/mol. The van der Waals surface area contributed by atoms with E-state index in [1.165, 1.54) is 25.3 Å². The number of hydrogen-bond acceptors (Lipinski definition) is 5. The molecule has 0 aliphatic carbocycles. The Morgan fingerprint density at radius 2 is 1.89 bits per heavy atom. The lowest BCUT2D eigenvalue weighted by molar-refractivity contribution is 0.292. The summed E-state index contributed by atoms with van der Waals surface area (Å²) < 4.78 is 39.6. The molecule has 0 radical (unpaired) electrons. The van der Waals surface area contributed by atoms with Crippen molar-refractivity contribution in [3.8, 4) is 5.75 Å². The summed E-state index contributed by atoms with van der Waals surface area (Å²) in [4.78, 5) is 4.53. The van der Waals surface area contributed by atoms with E-state index in [0.717, 1.165) is 0 Å². The molecule has 1 aliphatic heterocycles. The highest BCUT2D eigenvalue weighted by molar-refractivity contribution is 7.92. The number of nitrogens with one attached hydrogen (secondary N) is 1. The zero-order valence-corrected chi connectivity index (χ0v) is 17.9. The second-order valence-electron chi connectivity index (χ2n) is 6.65. The minimum absolute atomic E-state index is 0.0115. The summed E-state index contributed by atoms with van der Waals surface area (Å²) in [5.41, 5.74) is 0.739. The topological polar surface area (TPSA) is 77.0 Å². The molecule has 1 atom stereocenters. The Labute approximate surface area is 174 Å². The Bertz CT molecular complexity index is 1000. The summed E-state index contributed by atoms with van der Waals surface area (Å²) in [7, 11) is -2.52. The van der Waals surface area contributed by atoms with Gasteiger partial charge in [-0.05, 0) is 36.2 Å². The highest BCUT2D eigenvalue weighted by Gasteiger charge is 2.27. The summed E-state index contributed by atoms with van der Waals surface area (Å²) in [5, 5.41) is 0.438. The molecule has 28 heavy (non-hydrogen) atoms. The van der Waals surface area contributed by atoms with Crippen LogP contribution < -0.4 is 9.46 Å². The van der Waals surface area contributed by atoms with Gasteiger partial charge in [0.25, 0.3) is 10.0 Å². The summed E-state index contributed by atoms with van der Waals surface area (Å²) in [6.45, 7) is 4.55. The predicted octanol–water partition coefficient (Wildman–Crippen LogP) is 4.60. The van der Waals surface area contributed by atoms with Crippen LogP contribution in [0.15, 0.2) is 46.3 Å². The molecule has 1 heterocycles. The fourth-order valence-electron chi connectivity index (χ4n) is 2.74. The molecule has 0 spiro atoms. The third kappa shape index (κ3) is 4.37. The van der Waals surface area contributed by atoms with E-state index >= 15 is 0 Å². The van der Waals surface area contributed by atoms with Gasteiger partial charge in [-0.1, -0.05) is 43.1 Å². The molecule has 1 unspecified atom stereocenters. The third-order valence-corrected chi connectivity index (χ3v) is 6.07. The van der Waals surface area contributed by atoms with Crippen molar-refractivity contribution >= 4 is 44.8 Å². The largest absolute Gasteiger partial charge is 0.495 e. The van der Waals surface area contributed by atoms with E-state index in [1.54, 1.807) is 18.2 Å². The van der Waals surface area contributed by atoms with E-state index < -0.39 is 10.0 Å². The lowest BCUT2D eigenvalue weighted by Gasteiger charge is -2.16. The number of halogens is 2. The Morgan fingerprint density at radius 1 is 1.21 bits per heavy atom. The summed E-state index contributed by atoms with van der Waals surface area (Å²) in [6.07, 6.45) is 0. The highest BCUT2D eigenvalue weighted by atomic mass is 35.5. The van der Waals surface area contributed by atoms with Gasteiger partial charge in [0.15, 0.2) is 0 Å². The zero-order valence-electron chi connectivity index (χ0n) is 15.6. The van der Waals surface area contributed by atoms with Crippen LogP contribution in [0.1, 0.15) is 19.4 Å². The normalized spacial score (nSPS) is 16.6. The average molecular weight is 443 g/mol. The van der Waals surface area contributed by atoms with E-state index in [2.05, 4.69) is 23.6 Å². The molecule has 0 amide bonds. The van der Waals surface area contributed by atoms with Crippen LogP contribution in [0.5, 0.6) is 5.75 Å². The summed E-state index contributed by atoms with van der Waals surface area (Å²) >= 11 is 11.9. The molecule has 1 aliphatic rings. The molecule has 3 rings (SSSR count). The highest BCUT2D eigenvalue weighted by Crippen LogP contribution is 2.34. The van der Waals surface area contributed by atoms with Crippen LogP contribution >= 0.6 is 23.2 Å². The van der Waals surface area contributed by atoms with Crippen molar-refractivity contribution in [1.29, 1.82) is 0 Å². The molecule has 2 aromatic rings. The Balaban J connectivity index is 2.05. The molecule has 6 nitrogen and oxygen atoms in total. The van der Waals surface area contributed by atoms with Crippen molar-refractivity contribution < 1.29 is 17.9 Å². The van der Waals surface area contributed by atoms with Gasteiger partial charge < -0.3 is 9.47 Å². The quantitative estimate of drug-likeness (QED) is 0.708. The lowest BCUT2D eigenvalue weighted by atomic mass is 10.1. The Kier molecular flexibility index (Phi) is 6.07. The standard InChI is InChI=1S/C19H20Cl2N2O4S/c1-11(2)16-10-27-19(22-16)15-5-4-6-17(26-3)18(15)23-28(24,25)14-8-12(20)7-13(21)9-14/h4-9,11,16,23H,10H2,1-3H3. The first-order valence-corrected chi connectivity index (χ1v) is 10.8. The zero-order chi connectivity index (χ0) is 20.5. The maximum absolute atomic E-state index is 12.9.